The topological polar surface area (TPSA) is 77.1 Å². The zero-order chi connectivity index (χ0) is 19.8. The van der Waals surface area contributed by atoms with Gasteiger partial charge in [0.15, 0.2) is 11.5 Å². The number of carbonyl (C=O) groups excluding carboxylic acids is 2. The van der Waals surface area contributed by atoms with Gasteiger partial charge in [0, 0.05) is 11.6 Å². The SMILES string of the molecule is COc1cc2c(cc1/C=C1\NC(=O)N(Cc3ccc(Cl)c(Cl)c3)C1=O)OCO2. The number of carbonyl (C=O) groups is 2. The minimum absolute atomic E-state index is 0.0666. The van der Waals surface area contributed by atoms with Gasteiger partial charge in [0.1, 0.15) is 11.4 Å². The van der Waals surface area contributed by atoms with E-state index in [-0.39, 0.29) is 19.0 Å². The molecular weight excluding hydrogens is 407 g/mol. The largest absolute Gasteiger partial charge is 0.496 e. The summed E-state index contributed by atoms with van der Waals surface area (Å²) in [6, 6.07) is 7.77. The average molecular weight is 421 g/mol. The maximum absolute atomic E-state index is 12.7. The van der Waals surface area contributed by atoms with Crippen LogP contribution in [0.15, 0.2) is 36.0 Å². The summed E-state index contributed by atoms with van der Waals surface area (Å²) in [6.45, 7) is 0.183. The second kappa shape index (κ2) is 7.26. The van der Waals surface area contributed by atoms with Crippen molar-refractivity contribution < 1.29 is 23.8 Å². The molecule has 0 unspecified atom stereocenters. The molecule has 2 aliphatic heterocycles. The Balaban J connectivity index is 1.61. The predicted molar refractivity (Wildman–Crippen MR) is 103 cm³/mol. The molecule has 7 nitrogen and oxygen atoms in total. The van der Waals surface area contributed by atoms with Gasteiger partial charge in [-0.1, -0.05) is 29.3 Å². The molecule has 144 valence electrons. The van der Waals surface area contributed by atoms with Crippen molar-refractivity contribution in [3.63, 3.8) is 0 Å². The molecule has 0 aliphatic carbocycles. The second-order valence-corrected chi connectivity index (χ2v) is 6.89. The van der Waals surface area contributed by atoms with E-state index in [0.29, 0.717) is 38.4 Å². The molecule has 2 aromatic rings. The Morgan fingerprint density at radius 2 is 1.89 bits per heavy atom. The molecule has 0 radical (unpaired) electrons. The standard InChI is InChI=1S/C19H14Cl2N2O5/c1-26-15-7-17-16(27-9-28-17)6-11(15)5-14-18(24)23(19(25)22-14)8-10-2-3-12(20)13(21)4-10/h2-7H,8-9H2,1H3,(H,22,25)/b14-5-. The lowest BCUT2D eigenvalue weighted by atomic mass is 10.1. The lowest BCUT2D eigenvalue weighted by Crippen LogP contribution is -2.30. The van der Waals surface area contributed by atoms with E-state index in [1.165, 1.54) is 13.2 Å². The highest BCUT2D eigenvalue weighted by Crippen LogP contribution is 2.39. The van der Waals surface area contributed by atoms with Crippen molar-refractivity contribution >= 4 is 41.2 Å². The van der Waals surface area contributed by atoms with E-state index in [2.05, 4.69) is 5.32 Å². The molecule has 28 heavy (non-hydrogen) atoms. The monoisotopic (exact) mass is 420 g/mol. The van der Waals surface area contributed by atoms with Gasteiger partial charge in [0.05, 0.1) is 23.7 Å². The number of fused-ring (bicyclic) bond motifs is 1. The second-order valence-electron chi connectivity index (χ2n) is 6.08. The first kappa shape index (κ1) is 18.5. The number of ether oxygens (including phenoxy) is 3. The predicted octanol–water partition coefficient (Wildman–Crippen LogP) is 3.82. The van der Waals surface area contributed by atoms with Gasteiger partial charge in [-0.15, -0.1) is 0 Å². The number of benzene rings is 2. The molecule has 0 spiro atoms. The zero-order valence-corrected chi connectivity index (χ0v) is 16.1. The molecule has 2 aliphatic rings. The van der Waals surface area contributed by atoms with Gasteiger partial charge < -0.3 is 19.5 Å². The normalized spacial score (nSPS) is 16.7. The molecular formula is C19H14Cl2N2O5. The van der Waals surface area contributed by atoms with Gasteiger partial charge >= 0.3 is 6.03 Å². The Morgan fingerprint density at radius 1 is 1.14 bits per heavy atom. The first-order valence-corrected chi connectivity index (χ1v) is 8.98. The quantitative estimate of drug-likeness (QED) is 0.600. The maximum Gasteiger partial charge on any atom is 0.329 e. The number of hydrogen-bond donors (Lipinski definition) is 1. The summed E-state index contributed by atoms with van der Waals surface area (Å²) in [5.74, 6) is 1.12. The Morgan fingerprint density at radius 3 is 2.61 bits per heavy atom. The van der Waals surface area contributed by atoms with Gasteiger partial charge in [0.25, 0.3) is 5.91 Å². The minimum Gasteiger partial charge on any atom is -0.496 e. The van der Waals surface area contributed by atoms with Crippen LogP contribution in [0.1, 0.15) is 11.1 Å². The highest BCUT2D eigenvalue weighted by atomic mass is 35.5. The molecule has 0 bridgehead atoms. The van der Waals surface area contributed by atoms with E-state index in [9.17, 15) is 9.59 Å². The van der Waals surface area contributed by atoms with Crippen LogP contribution in [0.2, 0.25) is 10.0 Å². The Bertz CT molecular complexity index is 1020. The Kier molecular flexibility index (Phi) is 4.78. The van der Waals surface area contributed by atoms with Crippen LogP contribution in [0.5, 0.6) is 17.2 Å². The van der Waals surface area contributed by atoms with E-state index in [4.69, 9.17) is 37.4 Å². The average Bonchev–Trinajstić information content (AvgIpc) is 3.23. The fourth-order valence-electron chi connectivity index (χ4n) is 2.92. The van der Waals surface area contributed by atoms with Gasteiger partial charge in [-0.05, 0) is 29.8 Å². The van der Waals surface area contributed by atoms with E-state index in [1.54, 1.807) is 30.3 Å². The number of rotatable bonds is 4. The fourth-order valence-corrected chi connectivity index (χ4v) is 3.24. The summed E-state index contributed by atoms with van der Waals surface area (Å²) >= 11 is 11.9. The zero-order valence-electron chi connectivity index (χ0n) is 14.6. The highest BCUT2D eigenvalue weighted by molar-refractivity contribution is 6.42. The van der Waals surface area contributed by atoms with Crippen LogP contribution < -0.4 is 19.5 Å². The molecule has 1 saturated heterocycles. The van der Waals surface area contributed by atoms with Crippen molar-refractivity contribution in [1.29, 1.82) is 0 Å². The fraction of sp³-hybridized carbons (Fsp3) is 0.158. The summed E-state index contributed by atoms with van der Waals surface area (Å²) < 4.78 is 16.0. The van der Waals surface area contributed by atoms with Crippen molar-refractivity contribution in [1.82, 2.24) is 10.2 Å². The Hall–Kier alpha value is -2.90. The van der Waals surface area contributed by atoms with E-state index < -0.39 is 11.9 Å². The lowest BCUT2D eigenvalue weighted by Gasteiger charge is -2.12. The molecule has 1 N–H and O–H groups in total. The molecule has 0 atom stereocenters. The first-order valence-electron chi connectivity index (χ1n) is 8.22. The minimum atomic E-state index is -0.526. The van der Waals surface area contributed by atoms with Crippen LogP contribution in [-0.4, -0.2) is 30.7 Å². The van der Waals surface area contributed by atoms with Crippen LogP contribution in [0, 0.1) is 0 Å². The molecule has 3 amide bonds. The van der Waals surface area contributed by atoms with Crippen molar-refractivity contribution in [2.75, 3.05) is 13.9 Å². The summed E-state index contributed by atoms with van der Waals surface area (Å²) in [5.41, 5.74) is 1.38. The summed E-state index contributed by atoms with van der Waals surface area (Å²) in [5, 5.41) is 3.33. The molecule has 2 aromatic carbocycles. The number of amides is 3. The molecule has 1 fully saturated rings. The molecule has 0 saturated carbocycles. The van der Waals surface area contributed by atoms with Crippen LogP contribution in [0.3, 0.4) is 0 Å². The van der Waals surface area contributed by atoms with E-state index in [1.807, 2.05) is 0 Å². The van der Waals surface area contributed by atoms with Crippen LogP contribution in [0.4, 0.5) is 4.79 Å². The third kappa shape index (κ3) is 3.34. The molecule has 4 rings (SSSR count). The summed E-state index contributed by atoms with van der Waals surface area (Å²) in [7, 11) is 1.51. The molecule has 0 aromatic heterocycles. The number of urea groups is 1. The number of imide groups is 1. The first-order chi connectivity index (χ1) is 13.5. The van der Waals surface area contributed by atoms with Gasteiger partial charge in [-0.25, -0.2) is 4.79 Å². The van der Waals surface area contributed by atoms with Crippen LogP contribution in [0.25, 0.3) is 6.08 Å². The van der Waals surface area contributed by atoms with Gasteiger partial charge in [-0.3, -0.25) is 9.69 Å². The molecule has 2 heterocycles. The van der Waals surface area contributed by atoms with E-state index >= 15 is 0 Å². The van der Waals surface area contributed by atoms with Crippen molar-refractivity contribution in [3.05, 3.63) is 57.2 Å². The van der Waals surface area contributed by atoms with Crippen molar-refractivity contribution in [2.24, 2.45) is 0 Å². The van der Waals surface area contributed by atoms with Crippen molar-refractivity contribution in [2.45, 2.75) is 6.54 Å². The number of methoxy groups -OCH3 is 1. The molecule has 9 heteroatoms. The third-order valence-corrected chi connectivity index (χ3v) is 5.05. The van der Waals surface area contributed by atoms with Crippen LogP contribution >= 0.6 is 23.2 Å². The third-order valence-electron chi connectivity index (χ3n) is 4.31. The summed E-state index contributed by atoms with van der Waals surface area (Å²) in [4.78, 5) is 26.1. The van der Waals surface area contributed by atoms with Gasteiger partial charge in [-0.2, -0.15) is 0 Å². The maximum atomic E-state index is 12.7. The van der Waals surface area contributed by atoms with Crippen molar-refractivity contribution in [3.8, 4) is 17.2 Å². The number of halogens is 2. The number of hydrogen-bond acceptors (Lipinski definition) is 5. The van der Waals surface area contributed by atoms with E-state index in [0.717, 1.165) is 4.90 Å². The lowest BCUT2D eigenvalue weighted by molar-refractivity contribution is -0.123. The highest BCUT2D eigenvalue weighted by Gasteiger charge is 2.34. The summed E-state index contributed by atoms with van der Waals surface area (Å²) in [6.07, 6.45) is 1.54. The number of nitrogens with one attached hydrogen (secondary N) is 1. The Labute approximate surface area is 170 Å². The smallest absolute Gasteiger partial charge is 0.329 e. The number of nitrogens with zero attached hydrogens (tertiary/aromatic N) is 1. The van der Waals surface area contributed by atoms with Crippen LogP contribution in [-0.2, 0) is 11.3 Å². The van der Waals surface area contributed by atoms with Gasteiger partial charge in [0.2, 0.25) is 6.79 Å².